The summed E-state index contributed by atoms with van der Waals surface area (Å²) < 4.78 is 7.49. The van der Waals surface area contributed by atoms with Crippen LogP contribution in [0.1, 0.15) is 29.3 Å². The van der Waals surface area contributed by atoms with Gasteiger partial charge in [0.25, 0.3) is 5.91 Å². The first-order chi connectivity index (χ1) is 15.1. The van der Waals surface area contributed by atoms with Crippen molar-refractivity contribution >= 4 is 23.2 Å². The lowest BCUT2D eigenvalue weighted by Crippen LogP contribution is -2.21. The van der Waals surface area contributed by atoms with Crippen LogP contribution in [0.25, 0.3) is 16.9 Å². The third-order valence-corrected chi connectivity index (χ3v) is 5.02. The second-order valence-electron chi connectivity index (χ2n) is 7.20. The summed E-state index contributed by atoms with van der Waals surface area (Å²) in [5.74, 6) is 0.900. The van der Waals surface area contributed by atoms with Crippen molar-refractivity contribution in [3.05, 3.63) is 84.1 Å². The quantitative estimate of drug-likeness (QED) is 0.437. The number of rotatable bonds is 7. The van der Waals surface area contributed by atoms with Crippen LogP contribution in [0.4, 0.5) is 5.82 Å². The molecule has 31 heavy (non-hydrogen) atoms. The third kappa shape index (κ3) is 4.33. The summed E-state index contributed by atoms with van der Waals surface area (Å²) in [6, 6.07) is 20.5. The number of aromatic nitrogens is 2. The summed E-state index contributed by atoms with van der Waals surface area (Å²) in [4.78, 5) is 29.2. The average molecular weight is 413 g/mol. The van der Waals surface area contributed by atoms with E-state index in [4.69, 9.17) is 9.72 Å². The van der Waals surface area contributed by atoms with Crippen LogP contribution in [0.2, 0.25) is 0 Å². The van der Waals surface area contributed by atoms with Gasteiger partial charge in [0.2, 0.25) is 0 Å². The van der Waals surface area contributed by atoms with Crippen LogP contribution >= 0.6 is 0 Å². The van der Waals surface area contributed by atoms with Crippen molar-refractivity contribution in [2.75, 3.05) is 11.9 Å². The highest BCUT2D eigenvalue weighted by atomic mass is 16.5. The van der Waals surface area contributed by atoms with Crippen LogP contribution in [-0.2, 0) is 4.79 Å². The molecule has 0 aliphatic heterocycles. The van der Waals surface area contributed by atoms with Crippen molar-refractivity contribution in [2.45, 2.75) is 20.3 Å². The van der Waals surface area contributed by atoms with Gasteiger partial charge in [0.1, 0.15) is 22.9 Å². The maximum atomic E-state index is 12.7. The molecule has 0 atom stereocenters. The van der Waals surface area contributed by atoms with Gasteiger partial charge in [-0.15, -0.1) is 0 Å². The van der Waals surface area contributed by atoms with E-state index in [0.717, 1.165) is 16.8 Å². The van der Waals surface area contributed by atoms with E-state index in [1.54, 1.807) is 24.3 Å². The van der Waals surface area contributed by atoms with Gasteiger partial charge in [-0.05, 0) is 42.8 Å². The number of nitrogens with one attached hydrogen (secondary N) is 1. The second-order valence-corrected chi connectivity index (χ2v) is 7.20. The van der Waals surface area contributed by atoms with Crippen molar-refractivity contribution in [3.63, 3.8) is 0 Å². The molecule has 2 aromatic carbocycles. The van der Waals surface area contributed by atoms with E-state index in [1.807, 2.05) is 66.9 Å². The molecule has 4 rings (SSSR count). The molecule has 2 heterocycles. The Bertz CT molecular complexity index is 1230. The number of imidazole rings is 1. The zero-order valence-electron chi connectivity index (χ0n) is 17.5. The Balaban J connectivity index is 1.54. The maximum Gasteiger partial charge on any atom is 0.263 e. The van der Waals surface area contributed by atoms with Crippen molar-refractivity contribution in [2.24, 2.45) is 0 Å². The molecule has 1 amide bonds. The standard InChI is InChI=1S/C25H23N3O3/c1-3-21(29)18-11-13-20(14-12-18)31-16-22(30)26-25-23(19-9-5-4-6-10-19)27-24-17(2)8-7-15-28(24)25/h4-15H,3,16H2,1-2H3,(H,26,30). The molecule has 0 aliphatic carbocycles. The highest BCUT2D eigenvalue weighted by Crippen LogP contribution is 2.29. The van der Waals surface area contributed by atoms with E-state index in [2.05, 4.69) is 5.32 Å². The first kappa shape index (κ1) is 20.3. The van der Waals surface area contributed by atoms with E-state index in [9.17, 15) is 9.59 Å². The fraction of sp³-hybridized carbons (Fsp3) is 0.160. The maximum absolute atomic E-state index is 12.7. The lowest BCUT2D eigenvalue weighted by molar-refractivity contribution is -0.118. The zero-order valence-corrected chi connectivity index (χ0v) is 17.5. The molecular weight excluding hydrogens is 390 g/mol. The number of aryl methyl sites for hydroxylation is 1. The number of ether oxygens (including phenoxy) is 1. The lowest BCUT2D eigenvalue weighted by atomic mass is 10.1. The zero-order chi connectivity index (χ0) is 21.8. The number of ketones is 1. The molecule has 0 bridgehead atoms. The molecule has 0 fully saturated rings. The number of carbonyl (C=O) groups excluding carboxylic acids is 2. The van der Waals surface area contributed by atoms with Crippen LogP contribution in [-0.4, -0.2) is 27.7 Å². The number of pyridine rings is 1. The van der Waals surface area contributed by atoms with Gasteiger partial charge in [-0.1, -0.05) is 43.3 Å². The largest absolute Gasteiger partial charge is 0.484 e. The monoisotopic (exact) mass is 413 g/mol. The molecule has 156 valence electrons. The summed E-state index contributed by atoms with van der Waals surface area (Å²) in [6.07, 6.45) is 2.33. The molecule has 1 N–H and O–H groups in total. The van der Waals surface area contributed by atoms with Gasteiger partial charge in [-0.25, -0.2) is 4.98 Å². The van der Waals surface area contributed by atoms with Crippen molar-refractivity contribution in [1.29, 1.82) is 0 Å². The molecule has 6 nitrogen and oxygen atoms in total. The predicted octanol–water partition coefficient (Wildman–Crippen LogP) is 4.92. The lowest BCUT2D eigenvalue weighted by Gasteiger charge is -2.10. The fourth-order valence-corrected chi connectivity index (χ4v) is 3.38. The van der Waals surface area contributed by atoms with E-state index >= 15 is 0 Å². The Morgan fingerprint density at radius 3 is 2.45 bits per heavy atom. The first-order valence-electron chi connectivity index (χ1n) is 10.2. The smallest absolute Gasteiger partial charge is 0.263 e. The molecule has 0 saturated heterocycles. The topological polar surface area (TPSA) is 72.7 Å². The minimum atomic E-state index is -0.297. The SMILES string of the molecule is CCC(=O)c1ccc(OCC(=O)Nc2c(-c3ccccc3)nc3c(C)cccn23)cc1. The Labute approximate surface area is 180 Å². The third-order valence-electron chi connectivity index (χ3n) is 5.02. The van der Waals surface area contributed by atoms with E-state index in [0.29, 0.717) is 29.2 Å². The van der Waals surface area contributed by atoms with Gasteiger partial charge < -0.3 is 10.1 Å². The summed E-state index contributed by atoms with van der Waals surface area (Å²) in [5, 5.41) is 2.95. The Morgan fingerprint density at radius 2 is 1.74 bits per heavy atom. The van der Waals surface area contributed by atoms with Crippen LogP contribution < -0.4 is 10.1 Å². The minimum Gasteiger partial charge on any atom is -0.484 e. The Morgan fingerprint density at radius 1 is 1.00 bits per heavy atom. The minimum absolute atomic E-state index is 0.0700. The first-order valence-corrected chi connectivity index (χ1v) is 10.2. The highest BCUT2D eigenvalue weighted by Gasteiger charge is 2.17. The summed E-state index contributed by atoms with van der Waals surface area (Å²) in [5.41, 5.74) is 4.04. The Kier molecular flexibility index (Phi) is 5.80. The Hall–Kier alpha value is -3.93. The van der Waals surface area contributed by atoms with Gasteiger partial charge in [-0.2, -0.15) is 0 Å². The predicted molar refractivity (Wildman–Crippen MR) is 121 cm³/mol. The fourth-order valence-electron chi connectivity index (χ4n) is 3.38. The van der Waals surface area contributed by atoms with Crippen LogP contribution in [0, 0.1) is 6.92 Å². The number of Topliss-reactive ketones (excluding diaryl/α,β-unsaturated/α-hetero) is 1. The number of hydrogen-bond acceptors (Lipinski definition) is 4. The van der Waals surface area contributed by atoms with Crippen molar-refractivity contribution in [1.82, 2.24) is 9.38 Å². The van der Waals surface area contributed by atoms with Gasteiger partial charge >= 0.3 is 0 Å². The highest BCUT2D eigenvalue weighted by molar-refractivity contribution is 5.96. The number of fused-ring (bicyclic) bond motifs is 1. The number of amides is 1. The molecule has 6 heteroatoms. The molecular formula is C25H23N3O3. The molecule has 0 saturated carbocycles. The van der Waals surface area contributed by atoms with Crippen LogP contribution in [0.15, 0.2) is 72.9 Å². The summed E-state index contributed by atoms with van der Waals surface area (Å²) in [7, 11) is 0. The number of hydrogen-bond donors (Lipinski definition) is 1. The molecule has 0 unspecified atom stereocenters. The van der Waals surface area contributed by atoms with Crippen molar-refractivity contribution < 1.29 is 14.3 Å². The van der Waals surface area contributed by atoms with E-state index in [1.165, 1.54) is 0 Å². The number of anilines is 1. The van der Waals surface area contributed by atoms with Crippen LogP contribution in [0.3, 0.4) is 0 Å². The van der Waals surface area contributed by atoms with E-state index < -0.39 is 0 Å². The van der Waals surface area contributed by atoms with Crippen molar-refractivity contribution in [3.8, 4) is 17.0 Å². The van der Waals surface area contributed by atoms with Crippen LogP contribution in [0.5, 0.6) is 5.75 Å². The average Bonchev–Trinajstić information content (AvgIpc) is 3.17. The summed E-state index contributed by atoms with van der Waals surface area (Å²) in [6.45, 7) is 3.65. The molecule has 4 aromatic rings. The molecule has 0 aliphatic rings. The normalized spacial score (nSPS) is 10.8. The van der Waals surface area contributed by atoms with E-state index in [-0.39, 0.29) is 18.3 Å². The number of nitrogens with zero attached hydrogens (tertiary/aromatic N) is 2. The molecule has 0 radical (unpaired) electrons. The molecule has 2 aromatic heterocycles. The van der Waals surface area contributed by atoms with Gasteiger partial charge in [-0.3, -0.25) is 14.0 Å². The number of benzene rings is 2. The number of carbonyl (C=O) groups is 2. The van der Waals surface area contributed by atoms with Gasteiger partial charge in [0.05, 0.1) is 0 Å². The molecule has 0 spiro atoms. The van der Waals surface area contributed by atoms with Gasteiger partial charge in [0.15, 0.2) is 12.4 Å². The second kappa shape index (κ2) is 8.83. The summed E-state index contributed by atoms with van der Waals surface area (Å²) >= 11 is 0. The van der Waals surface area contributed by atoms with Gasteiger partial charge in [0, 0.05) is 23.7 Å².